The van der Waals surface area contributed by atoms with Crippen LogP contribution in [0.2, 0.25) is 5.15 Å². The van der Waals surface area contributed by atoms with E-state index in [0.717, 1.165) is 30.4 Å². The smallest absolute Gasteiger partial charge is 0.171 e. The van der Waals surface area contributed by atoms with Crippen molar-refractivity contribution in [1.29, 1.82) is 0 Å². The van der Waals surface area contributed by atoms with Crippen molar-refractivity contribution in [2.24, 2.45) is 7.05 Å². The van der Waals surface area contributed by atoms with Crippen molar-refractivity contribution in [3.8, 4) is 5.75 Å². The lowest BCUT2D eigenvalue weighted by Gasteiger charge is -2.33. The lowest BCUT2D eigenvalue weighted by molar-refractivity contribution is 0.163. The molecule has 1 saturated heterocycles. The molecule has 0 spiro atoms. The van der Waals surface area contributed by atoms with E-state index >= 15 is 0 Å². The summed E-state index contributed by atoms with van der Waals surface area (Å²) < 4.78 is 34.4. The molecule has 0 amide bonds. The van der Waals surface area contributed by atoms with E-state index in [9.17, 15) is 8.78 Å². The molecule has 162 valence electrons. The maximum atomic E-state index is 13.8. The maximum Gasteiger partial charge on any atom is 0.171 e. The first kappa shape index (κ1) is 20.1. The van der Waals surface area contributed by atoms with Gasteiger partial charge in [-0.25, -0.2) is 23.7 Å². The number of hydrogen-bond donors (Lipinski definition) is 0. The molecule has 2 aliphatic rings. The summed E-state index contributed by atoms with van der Waals surface area (Å²) in [6.07, 6.45) is 6.37. The van der Waals surface area contributed by atoms with E-state index in [2.05, 4.69) is 25.0 Å². The van der Waals surface area contributed by atoms with Crippen LogP contribution in [0.15, 0.2) is 30.7 Å². The van der Waals surface area contributed by atoms with E-state index in [4.69, 9.17) is 16.3 Å². The molecule has 1 saturated carbocycles. The maximum absolute atomic E-state index is 13.8. The van der Waals surface area contributed by atoms with E-state index in [1.807, 2.05) is 7.05 Å². The van der Waals surface area contributed by atoms with Gasteiger partial charge in [0.1, 0.15) is 24.1 Å². The van der Waals surface area contributed by atoms with Crippen LogP contribution in [0.25, 0.3) is 0 Å². The van der Waals surface area contributed by atoms with Gasteiger partial charge in [0.25, 0.3) is 0 Å². The Morgan fingerprint density at radius 2 is 1.94 bits per heavy atom. The zero-order valence-electron chi connectivity index (χ0n) is 16.9. The van der Waals surface area contributed by atoms with Crippen molar-refractivity contribution in [2.75, 3.05) is 18.0 Å². The number of halogens is 3. The van der Waals surface area contributed by atoms with Crippen LogP contribution in [0.3, 0.4) is 0 Å². The van der Waals surface area contributed by atoms with Crippen molar-refractivity contribution in [3.63, 3.8) is 0 Å². The topological polar surface area (TPSA) is 69.0 Å². The first-order chi connectivity index (χ1) is 15.0. The van der Waals surface area contributed by atoms with Gasteiger partial charge in [0, 0.05) is 39.0 Å². The summed E-state index contributed by atoms with van der Waals surface area (Å²) in [6.45, 7) is 1.30. The molecule has 10 heteroatoms. The molecule has 0 bridgehead atoms. The molecule has 0 atom stereocenters. The normalized spacial score (nSPS) is 18.3. The molecule has 1 aromatic carbocycles. The first-order valence-electron chi connectivity index (χ1n) is 10.2. The van der Waals surface area contributed by atoms with Gasteiger partial charge in [0.05, 0.1) is 17.3 Å². The molecule has 3 aromatic rings. The molecule has 2 aromatic heterocycles. The molecule has 1 aliphatic heterocycles. The standard InChI is InChI=1S/C21H21ClF2N6O/c1-29-20(26-12-27-29)21(6-7-21)17-11-25-19(18(22)28-17)30-8-4-14(5-9-30)31-16-3-2-13(23)10-15(16)24/h2-3,10-12,14H,4-9H2,1H3. The highest BCUT2D eigenvalue weighted by Crippen LogP contribution is 2.52. The molecule has 3 heterocycles. The molecule has 2 fully saturated rings. The van der Waals surface area contributed by atoms with Crippen molar-refractivity contribution in [1.82, 2.24) is 24.7 Å². The summed E-state index contributed by atoms with van der Waals surface area (Å²) >= 11 is 6.53. The van der Waals surface area contributed by atoms with E-state index in [-0.39, 0.29) is 17.3 Å². The van der Waals surface area contributed by atoms with Crippen molar-refractivity contribution < 1.29 is 13.5 Å². The number of hydrogen-bond acceptors (Lipinski definition) is 6. The predicted molar refractivity (Wildman–Crippen MR) is 110 cm³/mol. The van der Waals surface area contributed by atoms with E-state index in [0.29, 0.717) is 36.9 Å². The van der Waals surface area contributed by atoms with Crippen LogP contribution in [-0.2, 0) is 12.5 Å². The number of rotatable bonds is 5. The lowest BCUT2D eigenvalue weighted by atomic mass is 10.0. The molecule has 7 nitrogen and oxygen atoms in total. The quantitative estimate of drug-likeness (QED) is 0.595. The Kier molecular flexibility index (Phi) is 5.00. The Balaban J connectivity index is 1.26. The van der Waals surface area contributed by atoms with Gasteiger partial charge in [0.2, 0.25) is 0 Å². The van der Waals surface area contributed by atoms with Crippen LogP contribution >= 0.6 is 11.6 Å². The van der Waals surface area contributed by atoms with Gasteiger partial charge in [-0.3, -0.25) is 4.68 Å². The zero-order valence-corrected chi connectivity index (χ0v) is 17.7. The van der Waals surface area contributed by atoms with Gasteiger partial charge in [-0.1, -0.05) is 11.6 Å². The third kappa shape index (κ3) is 3.71. The van der Waals surface area contributed by atoms with Gasteiger partial charge < -0.3 is 9.64 Å². The summed E-state index contributed by atoms with van der Waals surface area (Å²) in [5.74, 6) is 0.259. The summed E-state index contributed by atoms with van der Waals surface area (Å²) in [7, 11) is 1.87. The first-order valence-corrected chi connectivity index (χ1v) is 10.6. The third-order valence-electron chi connectivity index (χ3n) is 6.02. The number of nitrogens with zero attached hydrogens (tertiary/aromatic N) is 6. The predicted octanol–water partition coefficient (Wildman–Crippen LogP) is 3.66. The van der Waals surface area contributed by atoms with E-state index in [1.54, 1.807) is 17.2 Å². The average Bonchev–Trinajstić information content (AvgIpc) is 3.45. The molecule has 31 heavy (non-hydrogen) atoms. The fourth-order valence-electron chi connectivity index (χ4n) is 4.19. The Bertz CT molecular complexity index is 1110. The van der Waals surface area contributed by atoms with Gasteiger partial charge >= 0.3 is 0 Å². The summed E-state index contributed by atoms with van der Waals surface area (Å²) in [5, 5.41) is 4.53. The van der Waals surface area contributed by atoms with Crippen LogP contribution in [0.5, 0.6) is 5.75 Å². The number of ether oxygens (including phenoxy) is 1. The number of benzene rings is 1. The van der Waals surface area contributed by atoms with Crippen LogP contribution in [-0.4, -0.2) is 43.9 Å². The minimum absolute atomic E-state index is 0.0699. The van der Waals surface area contributed by atoms with Crippen LogP contribution in [0, 0.1) is 11.6 Å². The van der Waals surface area contributed by atoms with Crippen molar-refractivity contribution >= 4 is 17.4 Å². The summed E-state index contributed by atoms with van der Waals surface area (Å²) in [5.41, 5.74) is 0.544. The number of aromatic nitrogens is 5. The molecule has 1 aliphatic carbocycles. The second-order valence-electron chi connectivity index (χ2n) is 8.04. The molecule has 0 unspecified atom stereocenters. The Morgan fingerprint density at radius 1 is 1.16 bits per heavy atom. The van der Waals surface area contributed by atoms with Gasteiger partial charge in [-0.2, -0.15) is 5.10 Å². The van der Waals surface area contributed by atoms with Gasteiger partial charge in [-0.05, 0) is 25.0 Å². The van der Waals surface area contributed by atoms with E-state index < -0.39 is 11.6 Å². The van der Waals surface area contributed by atoms with Crippen molar-refractivity contribution in [3.05, 3.63) is 59.0 Å². The number of aryl methyl sites for hydroxylation is 1. The summed E-state index contributed by atoms with van der Waals surface area (Å²) in [6, 6.07) is 3.34. The number of anilines is 1. The molecular formula is C21H21ClF2N6O. The minimum Gasteiger partial charge on any atom is -0.487 e. The Hall–Kier alpha value is -2.81. The molecule has 0 N–H and O–H groups in total. The fraction of sp³-hybridized carbons (Fsp3) is 0.429. The van der Waals surface area contributed by atoms with Crippen LogP contribution in [0.1, 0.15) is 37.2 Å². The third-order valence-corrected chi connectivity index (χ3v) is 6.27. The highest BCUT2D eigenvalue weighted by atomic mass is 35.5. The SMILES string of the molecule is Cn1ncnc1C1(c2cnc(N3CCC(Oc4ccc(F)cc4F)CC3)c(Cl)n2)CC1. The monoisotopic (exact) mass is 446 g/mol. The second kappa shape index (κ2) is 7.71. The second-order valence-corrected chi connectivity index (χ2v) is 8.40. The fourth-order valence-corrected chi connectivity index (χ4v) is 4.45. The lowest BCUT2D eigenvalue weighted by Crippen LogP contribution is -2.39. The average molecular weight is 447 g/mol. The highest BCUT2D eigenvalue weighted by Gasteiger charge is 2.51. The van der Waals surface area contributed by atoms with Crippen LogP contribution in [0.4, 0.5) is 14.6 Å². The number of piperidine rings is 1. The van der Waals surface area contributed by atoms with Crippen LogP contribution < -0.4 is 9.64 Å². The largest absolute Gasteiger partial charge is 0.487 e. The van der Waals surface area contributed by atoms with Gasteiger partial charge in [-0.15, -0.1) is 0 Å². The van der Waals surface area contributed by atoms with E-state index in [1.165, 1.54) is 12.1 Å². The molecule has 5 rings (SSSR count). The Morgan fingerprint density at radius 3 is 2.55 bits per heavy atom. The molecule has 0 radical (unpaired) electrons. The zero-order chi connectivity index (χ0) is 21.6. The summed E-state index contributed by atoms with van der Waals surface area (Å²) in [4.78, 5) is 15.7. The van der Waals surface area contributed by atoms with Gasteiger partial charge in [0.15, 0.2) is 22.5 Å². The minimum atomic E-state index is -0.691. The van der Waals surface area contributed by atoms with Crippen molar-refractivity contribution in [2.45, 2.75) is 37.2 Å². The molecular weight excluding hydrogens is 426 g/mol. The highest BCUT2D eigenvalue weighted by molar-refractivity contribution is 6.31. The Labute approximate surface area is 183 Å².